The Hall–Kier alpha value is -2.50. The molecule has 0 aliphatic rings. The highest BCUT2D eigenvalue weighted by atomic mass is 16.6. The number of aryl methyl sites for hydroxylation is 1. The maximum Gasteiger partial charge on any atom is 0.269 e. The van der Waals surface area contributed by atoms with Crippen LogP contribution in [0.3, 0.4) is 0 Å². The van der Waals surface area contributed by atoms with E-state index < -0.39 is 11.0 Å². The van der Waals surface area contributed by atoms with Gasteiger partial charge in [-0.15, -0.1) is 0 Å². The number of quaternary nitrogens is 1. The summed E-state index contributed by atoms with van der Waals surface area (Å²) in [5.41, 5.74) is 1.89. The van der Waals surface area contributed by atoms with E-state index >= 15 is 0 Å². The van der Waals surface area contributed by atoms with Crippen LogP contribution in [0, 0.1) is 10.1 Å². The number of nitrogens with one attached hydrogen (secondary N) is 1. The third-order valence-electron chi connectivity index (χ3n) is 4.73. The molecule has 0 amide bonds. The van der Waals surface area contributed by atoms with Gasteiger partial charge in [0.15, 0.2) is 0 Å². The minimum Gasteiger partial charge on any atom is -0.382 e. The minimum atomic E-state index is -0.746. The molecule has 5 nitrogen and oxygen atoms in total. The van der Waals surface area contributed by atoms with Crippen LogP contribution in [0.1, 0.15) is 30.6 Å². The van der Waals surface area contributed by atoms with Crippen molar-refractivity contribution in [3.8, 4) is 0 Å². The van der Waals surface area contributed by atoms with Gasteiger partial charge < -0.3 is 10.0 Å². The van der Waals surface area contributed by atoms with E-state index in [1.807, 2.05) is 24.3 Å². The van der Waals surface area contributed by atoms with Gasteiger partial charge in [-0.1, -0.05) is 49.0 Å². The van der Waals surface area contributed by atoms with Crippen LogP contribution in [0.4, 0.5) is 5.69 Å². The highest BCUT2D eigenvalue weighted by Crippen LogP contribution is 2.18. The summed E-state index contributed by atoms with van der Waals surface area (Å²) < 4.78 is 0. The second-order valence-corrected chi connectivity index (χ2v) is 6.65. The molecule has 0 bridgehead atoms. The van der Waals surface area contributed by atoms with Crippen LogP contribution in [-0.4, -0.2) is 29.2 Å². The zero-order valence-electron chi connectivity index (χ0n) is 15.2. The molecule has 0 aliphatic carbocycles. The molecular formula is C21H27N2O3+. The number of hydrogen-bond acceptors (Lipinski definition) is 3. The van der Waals surface area contributed by atoms with E-state index in [9.17, 15) is 15.2 Å². The van der Waals surface area contributed by atoms with Gasteiger partial charge in [-0.3, -0.25) is 10.1 Å². The average Bonchev–Trinajstić information content (AvgIpc) is 2.66. The van der Waals surface area contributed by atoms with Crippen LogP contribution >= 0.6 is 0 Å². The molecule has 0 aliphatic heterocycles. The molecular weight excluding hydrogens is 328 g/mol. The molecule has 26 heavy (non-hydrogen) atoms. The van der Waals surface area contributed by atoms with Gasteiger partial charge in [0.2, 0.25) is 0 Å². The second-order valence-electron chi connectivity index (χ2n) is 6.65. The summed E-state index contributed by atoms with van der Waals surface area (Å²) in [7, 11) is 0. The van der Waals surface area contributed by atoms with Crippen molar-refractivity contribution >= 4 is 5.69 Å². The number of nitro benzene ring substituents is 1. The number of non-ortho nitro benzene ring substituents is 1. The lowest BCUT2D eigenvalue weighted by Gasteiger charge is -2.27. The number of benzene rings is 2. The van der Waals surface area contributed by atoms with E-state index in [0.29, 0.717) is 18.2 Å². The lowest BCUT2D eigenvalue weighted by Crippen LogP contribution is -3.15. The standard InChI is InChI=1S/C21H26N2O3/c1-3-14-22(17(2)12-13-18-8-5-4-6-9-18)16-21(24)19-10-7-11-20(15-19)23(25)26/h3-11,15,17,21,24H,1,12-14,16H2,2H3/p+1/t17-,21-/m0/s1. The van der Waals surface area contributed by atoms with Crippen LogP contribution < -0.4 is 4.90 Å². The lowest BCUT2D eigenvalue weighted by molar-refractivity contribution is -0.921. The summed E-state index contributed by atoms with van der Waals surface area (Å²) in [5.74, 6) is 0. The van der Waals surface area contributed by atoms with E-state index in [2.05, 4.69) is 25.6 Å². The number of nitro groups is 1. The highest BCUT2D eigenvalue weighted by molar-refractivity contribution is 5.35. The zero-order valence-corrected chi connectivity index (χ0v) is 15.2. The molecule has 2 aromatic carbocycles. The Balaban J connectivity index is 2.00. The summed E-state index contributed by atoms with van der Waals surface area (Å²) in [5, 5.41) is 21.5. The first kappa shape index (κ1) is 19.8. The van der Waals surface area contributed by atoms with E-state index in [1.165, 1.54) is 22.6 Å². The molecule has 0 fully saturated rings. The van der Waals surface area contributed by atoms with Crippen LogP contribution in [-0.2, 0) is 6.42 Å². The van der Waals surface area contributed by atoms with Crippen molar-refractivity contribution in [2.45, 2.75) is 31.9 Å². The number of aliphatic hydroxyl groups excluding tert-OH is 1. The van der Waals surface area contributed by atoms with Crippen molar-refractivity contribution in [3.05, 3.63) is 88.5 Å². The van der Waals surface area contributed by atoms with Crippen molar-refractivity contribution in [1.82, 2.24) is 0 Å². The fourth-order valence-corrected chi connectivity index (χ4v) is 3.11. The van der Waals surface area contributed by atoms with Gasteiger partial charge in [0.05, 0.1) is 17.5 Å². The topological polar surface area (TPSA) is 67.8 Å². The Bertz CT molecular complexity index is 718. The predicted molar refractivity (Wildman–Crippen MR) is 103 cm³/mol. The Labute approximate surface area is 154 Å². The molecule has 138 valence electrons. The van der Waals surface area contributed by atoms with Gasteiger partial charge in [-0.05, 0) is 30.5 Å². The van der Waals surface area contributed by atoms with Crippen molar-refractivity contribution in [2.24, 2.45) is 0 Å². The Morgan fingerprint density at radius 2 is 1.96 bits per heavy atom. The smallest absolute Gasteiger partial charge is 0.269 e. The van der Waals surface area contributed by atoms with E-state index in [1.54, 1.807) is 12.1 Å². The number of rotatable bonds is 10. The average molecular weight is 355 g/mol. The van der Waals surface area contributed by atoms with Gasteiger partial charge in [0.1, 0.15) is 12.6 Å². The van der Waals surface area contributed by atoms with Crippen molar-refractivity contribution in [1.29, 1.82) is 0 Å². The Morgan fingerprint density at radius 3 is 2.62 bits per heavy atom. The molecule has 0 aromatic heterocycles. The first-order valence-electron chi connectivity index (χ1n) is 8.93. The fraction of sp³-hybridized carbons (Fsp3) is 0.333. The Kier molecular flexibility index (Phi) is 7.51. The molecule has 2 N–H and O–H groups in total. The number of nitrogens with zero attached hydrogens (tertiary/aromatic N) is 1. The quantitative estimate of drug-likeness (QED) is 0.391. The van der Waals surface area contributed by atoms with Crippen LogP contribution in [0.25, 0.3) is 0 Å². The molecule has 2 rings (SSSR count). The van der Waals surface area contributed by atoms with Crippen molar-refractivity contribution in [3.63, 3.8) is 0 Å². The summed E-state index contributed by atoms with van der Waals surface area (Å²) in [6, 6.07) is 16.9. The van der Waals surface area contributed by atoms with E-state index in [-0.39, 0.29) is 5.69 Å². The van der Waals surface area contributed by atoms with Crippen LogP contribution in [0.15, 0.2) is 67.3 Å². The number of hydrogen-bond donors (Lipinski definition) is 2. The SMILES string of the molecule is C=CC[NH+](C[C@H](O)c1cccc([N+](=O)[O-])c1)[C@@H](C)CCc1ccccc1. The first-order chi connectivity index (χ1) is 12.5. The van der Waals surface area contributed by atoms with Gasteiger partial charge in [0.25, 0.3) is 5.69 Å². The largest absolute Gasteiger partial charge is 0.382 e. The fourth-order valence-electron chi connectivity index (χ4n) is 3.11. The van der Waals surface area contributed by atoms with Gasteiger partial charge in [0, 0.05) is 18.6 Å². The predicted octanol–water partition coefficient (Wildman–Crippen LogP) is 2.72. The van der Waals surface area contributed by atoms with Gasteiger partial charge in [-0.2, -0.15) is 0 Å². The summed E-state index contributed by atoms with van der Waals surface area (Å²) in [6.45, 7) is 7.22. The molecule has 1 unspecified atom stereocenters. The van der Waals surface area contributed by atoms with Crippen LogP contribution in [0.5, 0.6) is 0 Å². The third kappa shape index (κ3) is 5.79. The molecule has 0 heterocycles. The van der Waals surface area contributed by atoms with Gasteiger partial charge >= 0.3 is 0 Å². The van der Waals surface area contributed by atoms with E-state index in [0.717, 1.165) is 19.4 Å². The highest BCUT2D eigenvalue weighted by Gasteiger charge is 2.22. The molecule has 5 heteroatoms. The third-order valence-corrected chi connectivity index (χ3v) is 4.73. The lowest BCUT2D eigenvalue weighted by atomic mass is 10.0. The first-order valence-corrected chi connectivity index (χ1v) is 8.93. The van der Waals surface area contributed by atoms with Crippen molar-refractivity contribution in [2.75, 3.05) is 13.1 Å². The van der Waals surface area contributed by atoms with Crippen LogP contribution in [0.2, 0.25) is 0 Å². The maximum atomic E-state index is 10.9. The molecule has 0 saturated carbocycles. The molecule has 3 atom stereocenters. The molecule has 0 saturated heterocycles. The molecule has 0 radical (unpaired) electrons. The molecule has 2 aromatic rings. The van der Waals surface area contributed by atoms with Crippen molar-refractivity contribution < 1.29 is 14.9 Å². The molecule has 0 spiro atoms. The summed E-state index contributed by atoms with van der Waals surface area (Å²) in [6.07, 6.45) is 3.09. The number of aliphatic hydroxyl groups is 1. The van der Waals surface area contributed by atoms with Gasteiger partial charge in [-0.25, -0.2) is 0 Å². The maximum absolute atomic E-state index is 10.9. The van der Waals surface area contributed by atoms with E-state index in [4.69, 9.17) is 0 Å². The zero-order chi connectivity index (χ0) is 18.9. The summed E-state index contributed by atoms with van der Waals surface area (Å²) in [4.78, 5) is 11.7. The monoisotopic (exact) mass is 355 g/mol. The normalized spacial score (nSPS) is 14.4. The summed E-state index contributed by atoms with van der Waals surface area (Å²) >= 11 is 0. The minimum absolute atomic E-state index is 0.00365. The second kappa shape index (κ2) is 9.85. The Morgan fingerprint density at radius 1 is 1.23 bits per heavy atom.